The van der Waals surface area contributed by atoms with Gasteiger partial charge in [-0.25, -0.2) is 12.8 Å². The van der Waals surface area contributed by atoms with Gasteiger partial charge >= 0.3 is 0 Å². The number of hydrogen-bond donors (Lipinski definition) is 1. The van der Waals surface area contributed by atoms with Crippen molar-refractivity contribution in [3.63, 3.8) is 0 Å². The summed E-state index contributed by atoms with van der Waals surface area (Å²) in [6.45, 7) is 3.07. The zero-order valence-corrected chi connectivity index (χ0v) is 26.3. The Morgan fingerprint density at radius 1 is 1.02 bits per heavy atom. The molecule has 1 aliphatic carbocycles. The van der Waals surface area contributed by atoms with Gasteiger partial charge in [0.1, 0.15) is 24.2 Å². The summed E-state index contributed by atoms with van der Waals surface area (Å²) in [5.74, 6) is -1.09. The molecule has 1 saturated carbocycles. The Labute approximate surface area is 261 Å². The number of amides is 2. The summed E-state index contributed by atoms with van der Waals surface area (Å²) in [6, 6.07) is 14.5. The summed E-state index contributed by atoms with van der Waals surface area (Å²) in [5.41, 5.74) is 0.610. The van der Waals surface area contributed by atoms with Crippen molar-refractivity contribution in [2.75, 3.05) is 17.5 Å². The van der Waals surface area contributed by atoms with E-state index in [4.69, 9.17) is 27.9 Å². The summed E-state index contributed by atoms with van der Waals surface area (Å²) in [4.78, 5) is 28.6. The zero-order valence-electron chi connectivity index (χ0n) is 23.9. The van der Waals surface area contributed by atoms with Crippen molar-refractivity contribution in [3.8, 4) is 5.75 Å². The monoisotopic (exact) mass is 649 g/mol. The maximum atomic E-state index is 14.1. The molecule has 43 heavy (non-hydrogen) atoms. The largest absolute Gasteiger partial charge is 0.494 e. The molecule has 1 unspecified atom stereocenters. The second-order valence-electron chi connectivity index (χ2n) is 10.3. The number of hydrogen-bond acceptors (Lipinski definition) is 5. The van der Waals surface area contributed by atoms with Crippen molar-refractivity contribution in [3.05, 3.63) is 88.2 Å². The molecule has 3 aromatic carbocycles. The van der Waals surface area contributed by atoms with Gasteiger partial charge in [0.15, 0.2) is 0 Å². The van der Waals surface area contributed by atoms with E-state index in [0.717, 1.165) is 42.1 Å². The number of benzene rings is 3. The molecule has 8 nitrogen and oxygen atoms in total. The predicted molar refractivity (Wildman–Crippen MR) is 165 cm³/mol. The number of nitrogens with zero attached hydrogens (tertiary/aromatic N) is 2. The fraction of sp³-hybridized carbons (Fsp3) is 0.355. The lowest BCUT2D eigenvalue weighted by molar-refractivity contribution is -0.139. The third kappa shape index (κ3) is 8.19. The summed E-state index contributed by atoms with van der Waals surface area (Å²) >= 11 is 12.5. The summed E-state index contributed by atoms with van der Waals surface area (Å²) in [6.07, 6.45) is 3.74. The fourth-order valence-corrected chi connectivity index (χ4v) is 6.83. The van der Waals surface area contributed by atoms with Gasteiger partial charge in [-0.2, -0.15) is 0 Å². The SMILES string of the molecule is CCOc1ccc(S(=O)(=O)N(CC(=O)N(Cc2ccc(Cl)cc2Cl)C(C)C(=O)NC2CCCC2)c2ccc(F)cc2)cc1. The minimum Gasteiger partial charge on any atom is -0.494 e. The molecule has 0 bridgehead atoms. The van der Waals surface area contributed by atoms with Crippen LogP contribution in [0.4, 0.5) is 10.1 Å². The number of carbonyl (C=O) groups excluding carboxylic acids is 2. The highest BCUT2D eigenvalue weighted by atomic mass is 35.5. The smallest absolute Gasteiger partial charge is 0.264 e. The van der Waals surface area contributed by atoms with Crippen LogP contribution in [-0.4, -0.2) is 50.4 Å². The van der Waals surface area contributed by atoms with Gasteiger partial charge in [0.25, 0.3) is 10.0 Å². The van der Waals surface area contributed by atoms with Crippen molar-refractivity contribution in [2.45, 2.75) is 63.1 Å². The maximum absolute atomic E-state index is 14.1. The van der Waals surface area contributed by atoms with Crippen LogP contribution < -0.4 is 14.4 Å². The minimum absolute atomic E-state index is 0.0155. The summed E-state index contributed by atoms with van der Waals surface area (Å²) in [7, 11) is -4.31. The Morgan fingerprint density at radius 2 is 1.67 bits per heavy atom. The van der Waals surface area contributed by atoms with Gasteiger partial charge in [-0.1, -0.05) is 42.1 Å². The molecule has 0 heterocycles. The van der Waals surface area contributed by atoms with Crippen LogP contribution in [0.5, 0.6) is 5.75 Å². The Bertz CT molecular complexity index is 1530. The molecule has 1 atom stereocenters. The highest BCUT2D eigenvalue weighted by molar-refractivity contribution is 7.92. The van der Waals surface area contributed by atoms with E-state index in [1.165, 1.54) is 47.4 Å². The molecule has 0 radical (unpaired) electrons. The highest BCUT2D eigenvalue weighted by Crippen LogP contribution is 2.28. The first-order chi connectivity index (χ1) is 20.5. The molecule has 1 N–H and O–H groups in total. The minimum atomic E-state index is -4.31. The lowest BCUT2D eigenvalue weighted by atomic mass is 10.1. The van der Waals surface area contributed by atoms with E-state index >= 15 is 0 Å². The lowest BCUT2D eigenvalue weighted by Crippen LogP contribution is -2.52. The Balaban J connectivity index is 1.69. The first-order valence-electron chi connectivity index (χ1n) is 14.0. The molecule has 0 spiro atoms. The van der Waals surface area contributed by atoms with Crippen LogP contribution in [0.25, 0.3) is 0 Å². The molecular weight excluding hydrogens is 616 g/mol. The molecule has 2 amide bonds. The average Bonchev–Trinajstić information content (AvgIpc) is 3.49. The van der Waals surface area contributed by atoms with Gasteiger partial charge in [0, 0.05) is 22.6 Å². The standard InChI is InChI=1S/C31H34Cl2FN3O5S/c1-3-42-27-14-16-28(17-15-27)43(40,41)37(26-12-10-24(34)11-13-26)20-30(38)36(19-22-8-9-23(32)18-29(22)33)21(2)31(39)35-25-6-4-5-7-25/h8-18,21,25H,3-7,19-20H2,1-2H3,(H,35,39). The van der Waals surface area contributed by atoms with E-state index in [9.17, 15) is 22.4 Å². The number of sulfonamides is 1. The second-order valence-corrected chi connectivity index (χ2v) is 13.0. The molecule has 12 heteroatoms. The molecule has 3 aromatic rings. The highest BCUT2D eigenvalue weighted by Gasteiger charge is 2.33. The van der Waals surface area contributed by atoms with Crippen LogP contribution in [0, 0.1) is 5.82 Å². The van der Waals surface area contributed by atoms with Crippen LogP contribution in [0.15, 0.2) is 71.6 Å². The molecule has 0 aromatic heterocycles. The van der Waals surface area contributed by atoms with Crippen molar-refractivity contribution in [1.82, 2.24) is 10.2 Å². The van der Waals surface area contributed by atoms with Gasteiger partial charge in [0.05, 0.1) is 17.2 Å². The average molecular weight is 651 g/mol. The van der Waals surface area contributed by atoms with Crippen LogP contribution in [0.3, 0.4) is 0 Å². The van der Waals surface area contributed by atoms with Crippen molar-refractivity contribution >= 4 is 50.7 Å². The zero-order chi connectivity index (χ0) is 31.1. The van der Waals surface area contributed by atoms with E-state index in [0.29, 0.717) is 28.0 Å². The molecule has 4 rings (SSSR count). The Morgan fingerprint density at radius 3 is 2.28 bits per heavy atom. The first-order valence-corrected chi connectivity index (χ1v) is 16.2. The number of anilines is 1. The molecule has 1 aliphatic rings. The van der Waals surface area contributed by atoms with Gasteiger partial charge in [-0.05, 0) is 92.9 Å². The van der Waals surface area contributed by atoms with Crippen molar-refractivity contribution in [1.29, 1.82) is 0 Å². The van der Waals surface area contributed by atoms with Gasteiger partial charge in [-0.15, -0.1) is 0 Å². The number of ether oxygens (including phenoxy) is 1. The topological polar surface area (TPSA) is 96.0 Å². The van der Waals surface area contributed by atoms with E-state index < -0.39 is 34.3 Å². The third-order valence-corrected chi connectivity index (χ3v) is 9.72. The molecule has 230 valence electrons. The van der Waals surface area contributed by atoms with E-state index in [1.807, 2.05) is 6.92 Å². The fourth-order valence-electron chi connectivity index (χ4n) is 4.95. The maximum Gasteiger partial charge on any atom is 0.264 e. The number of nitrogens with one attached hydrogen (secondary N) is 1. The van der Waals surface area contributed by atoms with Crippen LogP contribution in [0.2, 0.25) is 10.0 Å². The quantitative estimate of drug-likeness (QED) is 0.252. The van der Waals surface area contributed by atoms with Crippen LogP contribution >= 0.6 is 23.2 Å². The van der Waals surface area contributed by atoms with Crippen molar-refractivity contribution < 1.29 is 27.1 Å². The Kier molecular flexibility index (Phi) is 10.9. The predicted octanol–water partition coefficient (Wildman–Crippen LogP) is 6.20. The molecular formula is C31H34Cl2FN3O5S. The lowest BCUT2D eigenvalue weighted by Gasteiger charge is -2.32. The molecule has 1 fully saturated rings. The van der Waals surface area contributed by atoms with E-state index in [1.54, 1.807) is 19.1 Å². The second kappa shape index (κ2) is 14.4. The van der Waals surface area contributed by atoms with Gasteiger partial charge < -0.3 is 15.0 Å². The summed E-state index contributed by atoms with van der Waals surface area (Å²) in [5, 5.41) is 3.72. The third-order valence-electron chi connectivity index (χ3n) is 7.34. The van der Waals surface area contributed by atoms with Crippen LogP contribution in [-0.2, 0) is 26.2 Å². The molecule has 0 aliphatic heterocycles. The number of rotatable bonds is 12. The Hall–Kier alpha value is -3.34. The number of carbonyl (C=O) groups is 2. The van der Waals surface area contributed by atoms with Gasteiger partial charge in [0.2, 0.25) is 11.8 Å². The van der Waals surface area contributed by atoms with Gasteiger partial charge in [-0.3, -0.25) is 13.9 Å². The van der Waals surface area contributed by atoms with Crippen molar-refractivity contribution in [2.24, 2.45) is 0 Å². The number of halogens is 3. The normalized spacial score (nSPS) is 14.3. The van der Waals surface area contributed by atoms with E-state index in [-0.39, 0.29) is 29.1 Å². The van der Waals surface area contributed by atoms with E-state index in [2.05, 4.69) is 5.32 Å². The van der Waals surface area contributed by atoms with Crippen LogP contribution in [0.1, 0.15) is 45.1 Å². The molecule has 0 saturated heterocycles. The first kappa shape index (κ1) is 32.6. The summed E-state index contributed by atoms with van der Waals surface area (Å²) < 4.78 is 48.0.